The van der Waals surface area contributed by atoms with E-state index in [-0.39, 0.29) is 24.0 Å². The van der Waals surface area contributed by atoms with Crippen LogP contribution in [0.1, 0.15) is 50.3 Å². The van der Waals surface area contributed by atoms with E-state index in [9.17, 15) is 5.26 Å². The van der Waals surface area contributed by atoms with Gasteiger partial charge < -0.3 is 16.0 Å². The van der Waals surface area contributed by atoms with Gasteiger partial charge >= 0.3 is 0 Å². The minimum atomic E-state index is 0. The molecule has 0 radical (unpaired) electrons. The summed E-state index contributed by atoms with van der Waals surface area (Å²) >= 11 is 0. The molecule has 1 saturated carbocycles. The topological polar surface area (TPSA) is 95.3 Å². The highest BCUT2D eigenvalue weighted by Crippen LogP contribution is 2.47. The maximum Gasteiger partial charge on any atom is 0.193 e. The molecule has 1 spiro atoms. The molecule has 1 aliphatic carbocycles. The van der Waals surface area contributed by atoms with E-state index in [0.717, 1.165) is 43.4 Å². The molecule has 2 aliphatic rings. The maximum atomic E-state index is 9.57. The predicted octanol–water partition coefficient (Wildman–Crippen LogP) is 3.72. The van der Waals surface area contributed by atoms with Crippen LogP contribution in [0, 0.1) is 16.7 Å². The van der Waals surface area contributed by atoms with E-state index in [1.54, 1.807) is 4.68 Å². The highest BCUT2D eigenvalue weighted by molar-refractivity contribution is 14.0. The van der Waals surface area contributed by atoms with Crippen LogP contribution in [0.25, 0.3) is 5.69 Å². The average molecular weight is 533 g/mol. The number of rotatable bonds is 6. The summed E-state index contributed by atoms with van der Waals surface area (Å²) < 4.78 is 1.66. The van der Waals surface area contributed by atoms with Gasteiger partial charge in [-0.15, -0.1) is 24.0 Å². The van der Waals surface area contributed by atoms with Gasteiger partial charge in [0.05, 0.1) is 11.4 Å². The molecule has 2 fully saturated rings. The first-order valence-corrected chi connectivity index (χ1v) is 11.0. The van der Waals surface area contributed by atoms with Crippen molar-refractivity contribution in [2.45, 2.75) is 45.4 Å². The van der Waals surface area contributed by atoms with E-state index < -0.39 is 0 Å². The number of hydrogen-bond acceptors (Lipinski definition) is 4. The number of nitriles is 1. The van der Waals surface area contributed by atoms with Crippen molar-refractivity contribution in [2.75, 3.05) is 31.9 Å². The number of hydrogen-bond donors (Lipinski definition) is 2. The lowest BCUT2D eigenvalue weighted by molar-refractivity contribution is 0.151. The molecular weight excluding hydrogens is 501 g/mol. The summed E-state index contributed by atoms with van der Waals surface area (Å²) in [7, 11) is 0. The third-order valence-electron chi connectivity index (χ3n) is 6.43. The molecule has 2 heterocycles. The Bertz CT molecular complexity index is 941. The molecule has 0 unspecified atom stereocenters. The van der Waals surface area contributed by atoms with Gasteiger partial charge in [0.1, 0.15) is 17.5 Å². The van der Waals surface area contributed by atoms with Crippen molar-refractivity contribution in [3.8, 4) is 11.8 Å². The van der Waals surface area contributed by atoms with Gasteiger partial charge in [-0.3, -0.25) is 4.99 Å². The Morgan fingerprint density at radius 1 is 1.29 bits per heavy atom. The molecule has 1 aromatic heterocycles. The third kappa shape index (κ3) is 4.97. The van der Waals surface area contributed by atoms with Crippen LogP contribution in [0.4, 0.5) is 5.82 Å². The van der Waals surface area contributed by atoms with Crippen LogP contribution in [0.5, 0.6) is 0 Å². The van der Waals surface area contributed by atoms with E-state index in [1.807, 2.05) is 30.3 Å². The lowest BCUT2D eigenvalue weighted by Crippen LogP contribution is -2.42. The maximum absolute atomic E-state index is 9.57. The molecule has 31 heavy (non-hydrogen) atoms. The van der Waals surface area contributed by atoms with Gasteiger partial charge in [0, 0.05) is 26.2 Å². The van der Waals surface area contributed by atoms with Crippen LogP contribution >= 0.6 is 24.0 Å². The van der Waals surface area contributed by atoms with E-state index in [4.69, 9.17) is 10.7 Å². The predicted molar refractivity (Wildman–Crippen MR) is 135 cm³/mol. The molecule has 166 valence electrons. The standard InChI is InChI=1S/C23H31N7.HI/c1-2-26-22(29-15-13-23(17-29)11-7-12-23)27-14-6-10-20-19(16-24)21(25)30(28-20)18-8-4-3-5-9-18;/h3-5,8-9H,2,6-7,10-15,17,25H2,1H3,(H,26,27);1H. The Balaban J connectivity index is 0.00000272. The fraction of sp³-hybridized carbons (Fsp3) is 0.522. The van der Waals surface area contributed by atoms with Crippen LogP contribution in [-0.4, -0.2) is 46.8 Å². The van der Waals surface area contributed by atoms with Gasteiger partial charge in [0.2, 0.25) is 0 Å². The Hall–Kier alpha value is -2.28. The first-order valence-electron chi connectivity index (χ1n) is 11.0. The highest BCUT2D eigenvalue weighted by atomic mass is 127. The number of guanidine groups is 1. The number of nitrogen functional groups attached to an aromatic ring is 1. The minimum Gasteiger partial charge on any atom is -0.382 e. The molecular formula is C23H32IN7. The van der Waals surface area contributed by atoms with Crippen molar-refractivity contribution in [1.82, 2.24) is 20.0 Å². The molecule has 0 amide bonds. The van der Waals surface area contributed by atoms with Crippen LogP contribution in [-0.2, 0) is 6.42 Å². The van der Waals surface area contributed by atoms with E-state index >= 15 is 0 Å². The van der Waals surface area contributed by atoms with Crippen molar-refractivity contribution >= 4 is 35.8 Å². The first kappa shape index (κ1) is 23.4. The number of nitrogens with one attached hydrogen (secondary N) is 1. The van der Waals surface area contributed by atoms with Gasteiger partial charge in [-0.25, -0.2) is 4.68 Å². The Morgan fingerprint density at radius 2 is 2.06 bits per heavy atom. The van der Waals surface area contributed by atoms with Gasteiger partial charge in [0.15, 0.2) is 5.96 Å². The first-order chi connectivity index (χ1) is 14.7. The average Bonchev–Trinajstić information content (AvgIpc) is 3.33. The minimum absolute atomic E-state index is 0. The fourth-order valence-electron chi connectivity index (χ4n) is 4.60. The molecule has 8 heteroatoms. The molecule has 4 rings (SSSR count). The molecule has 7 nitrogen and oxygen atoms in total. The SMILES string of the molecule is CCNC(=NCCCc1nn(-c2ccccc2)c(N)c1C#N)N1CCC2(CCC2)C1.I. The molecule has 2 aromatic rings. The van der Waals surface area contributed by atoms with Crippen molar-refractivity contribution in [3.05, 3.63) is 41.6 Å². The molecule has 0 bridgehead atoms. The van der Waals surface area contributed by atoms with Gasteiger partial charge in [-0.1, -0.05) is 24.6 Å². The summed E-state index contributed by atoms with van der Waals surface area (Å²) in [6.45, 7) is 5.93. The fourth-order valence-corrected chi connectivity index (χ4v) is 4.60. The number of aryl methyl sites for hydroxylation is 1. The van der Waals surface area contributed by atoms with Crippen LogP contribution < -0.4 is 11.1 Å². The number of anilines is 1. The molecule has 1 aliphatic heterocycles. The number of aromatic nitrogens is 2. The quantitative estimate of drug-likeness (QED) is 0.256. The second kappa shape index (κ2) is 10.4. The zero-order valence-electron chi connectivity index (χ0n) is 18.2. The second-order valence-electron chi connectivity index (χ2n) is 8.43. The van der Waals surface area contributed by atoms with Crippen molar-refractivity contribution < 1.29 is 0 Å². The summed E-state index contributed by atoms with van der Waals surface area (Å²) in [5.74, 6) is 1.43. The summed E-state index contributed by atoms with van der Waals surface area (Å²) in [5, 5.41) is 17.6. The second-order valence-corrected chi connectivity index (χ2v) is 8.43. The number of para-hydroxylation sites is 1. The van der Waals surface area contributed by atoms with E-state index in [2.05, 4.69) is 28.3 Å². The zero-order chi connectivity index (χ0) is 21.0. The van der Waals surface area contributed by atoms with Crippen LogP contribution in [0.15, 0.2) is 35.3 Å². The molecule has 0 atom stereocenters. The monoisotopic (exact) mass is 533 g/mol. The number of nitrogens with zero attached hydrogens (tertiary/aromatic N) is 5. The zero-order valence-corrected chi connectivity index (χ0v) is 20.5. The summed E-state index contributed by atoms with van der Waals surface area (Å²) in [6.07, 6.45) is 6.91. The van der Waals surface area contributed by atoms with Crippen LogP contribution in [0.2, 0.25) is 0 Å². The van der Waals surface area contributed by atoms with Gasteiger partial charge in [0.25, 0.3) is 0 Å². The number of halogens is 1. The van der Waals surface area contributed by atoms with Crippen molar-refractivity contribution in [3.63, 3.8) is 0 Å². The lowest BCUT2D eigenvalue weighted by Gasteiger charge is -2.38. The van der Waals surface area contributed by atoms with Gasteiger partial charge in [-0.2, -0.15) is 10.4 Å². The normalized spacial score (nSPS) is 17.2. The third-order valence-corrected chi connectivity index (χ3v) is 6.43. The van der Waals surface area contributed by atoms with E-state index in [0.29, 0.717) is 29.8 Å². The van der Waals surface area contributed by atoms with Crippen molar-refractivity contribution in [1.29, 1.82) is 5.26 Å². The van der Waals surface area contributed by atoms with Crippen LogP contribution in [0.3, 0.4) is 0 Å². The number of aliphatic imine (C=N–C) groups is 1. The van der Waals surface area contributed by atoms with E-state index in [1.165, 1.54) is 25.7 Å². The largest absolute Gasteiger partial charge is 0.382 e. The van der Waals surface area contributed by atoms with Gasteiger partial charge in [-0.05, 0) is 56.6 Å². The Kier molecular flexibility index (Phi) is 7.81. The highest BCUT2D eigenvalue weighted by Gasteiger charge is 2.43. The lowest BCUT2D eigenvalue weighted by atomic mass is 9.68. The molecule has 1 saturated heterocycles. The Morgan fingerprint density at radius 3 is 2.68 bits per heavy atom. The summed E-state index contributed by atoms with van der Waals surface area (Å²) in [6, 6.07) is 11.9. The Labute approximate surface area is 201 Å². The molecule has 3 N–H and O–H groups in total. The smallest absolute Gasteiger partial charge is 0.193 e. The number of nitrogens with two attached hydrogens (primary N) is 1. The number of likely N-dealkylation sites (tertiary alicyclic amines) is 1. The van der Waals surface area contributed by atoms with Crippen molar-refractivity contribution in [2.24, 2.45) is 10.4 Å². The number of benzene rings is 1. The summed E-state index contributed by atoms with van der Waals surface area (Å²) in [5.41, 5.74) is 8.84. The molecule has 1 aromatic carbocycles. The summed E-state index contributed by atoms with van der Waals surface area (Å²) in [4.78, 5) is 7.28.